The second-order valence-electron chi connectivity index (χ2n) is 4.32. The lowest BCUT2D eigenvalue weighted by Gasteiger charge is -2.32. The van der Waals surface area contributed by atoms with Crippen LogP contribution in [0.15, 0.2) is 0 Å². The Bertz CT molecular complexity index is 259. The van der Waals surface area contributed by atoms with Crippen LogP contribution in [0.3, 0.4) is 0 Å². The summed E-state index contributed by atoms with van der Waals surface area (Å²) in [5.41, 5.74) is 2.19. The van der Waals surface area contributed by atoms with Crippen molar-refractivity contribution in [2.45, 2.75) is 33.7 Å². The van der Waals surface area contributed by atoms with Crippen LogP contribution in [0.5, 0.6) is 0 Å². The van der Waals surface area contributed by atoms with Crippen molar-refractivity contribution in [2.75, 3.05) is 13.1 Å². The molecule has 3 N–H and O–H groups in total. The van der Waals surface area contributed by atoms with Crippen molar-refractivity contribution in [3.8, 4) is 6.07 Å². The van der Waals surface area contributed by atoms with E-state index >= 15 is 0 Å². The van der Waals surface area contributed by atoms with E-state index in [0.717, 1.165) is 6.54 Å². The van der Waals surface area contributed by atoms with Crippen molar-refractivity contribution in [1.82, 2.24) is 10.3 Å². The molecular weight excluding hydrogens is 204 g/mol. The summed E-state index contributed by atoms with van der Waals surface area (Å²) in [5.74, 6) is 5.05. The molecule has 0 aliphatic carbocycles. The first kappa shape index (κ1) is 14.9. The zero-order valence-electron chi connectivity index (χ0n) is 10.5. The fourth-order valence-electron chi connectivity index (χ4n) is 1.81. The molecule has 5 heteroatoms. The molecule has 0 heterocycles. The predicted octanol–water partition coefficient (Wildman–Crippen LogP) is 0.482. The van der Waals surface area contributed by atoms with Crippen molar-refractivity contribution in [3.05, 3.63) is 0 Å². The van der Waals surface area contributed by atoms with Gasteiger partial charge in [-0.05, 0) is 19.4 Å². The van der Waals surface area contributed by atoms with Gasteiger partial charge in [0.15, 0.2) is 0 Å². The molecular formula is C11H22N4O. The number of hydrazine groups is 1. The monoisotopic (exact) mass is 226 g/mol. The minimum Gasteiger partial charge on any atom is -0.293 e. The number of carbonyl (C=O) groups excluding carboxylic acids is 1. The van der Waals surface area contributed by atoms with Gasteiger partial charge in [-0.1, -0.05) is 20.8 Å². The first-order valence-electron chi connectivity index (χ1n) is 5.62. The quantitative estimate of drug-likeness (QED) is 0.392. The van der Waals surface area contributed by atoms with E-state index in [1.807, 2.05) is 32.6 Å². The normalized spacial score (nSPS) is 14.6. The molecule has 0 aromatic heterocycles. The highest BCUT2D eigenvalue weighted by atomic mass is 16.2. The lowest BCUT2D eigenvalue weighted by molar-refractivity contribution is -0.128. The number of hydrogen-bond donors (Lipinski definition) is 2. The van der Waals surface area contributed by atoms with Crippen LogP contribution in [-0.4, -0.2) is 29.9 Å². The van der Waals surface area contributed by atoms with Gasteiger partial charge in [0.25, 0.3) is 5.91 Å². The van der Waals surface area contributed by atoms with E-state index in [-0.39, 0.29) is 23.8 Å². The first-order valence-corrected chi connectivity index (χ1v) is 5.62. The number of nitrogens with two attached hydrogens (primary N) is 1. The van der Waals surface area contributed by atoms with Crippen LogP contribution in [0.4, 0.5) is 0 Å². The van der Waals surface area contributed by atoms with Gasteiger partial charge < -0.3 is 0 Å². The highest BCUT2D eigenvalue weighted by molar-refractivity contribution is 5.81. The van der Waals surface area contributed by atoms with Crippen molar-refractivity contribution in [2.24, 2.45) is 17.7 Å². The molecule has 2 atom stereocenters. The molecule has 0 bridgehead atoms. The number of hydrogen-bond acceptors (Lipinski definition) is 4. The summed E-state index contributed by atoms with van der Waals surface area (Å²) < 4.78 is 0. The van der Waals surface area contributed by atoms with Crippen LogP contribution in [0.25, 0.3) is 0 Å². The number of carbonyl (C=O) groups is 1. The minimum atomic E-state index is -0.272. The Hall–Kier alpha value is -1.12. The Morgan fingerprint density at radius 3 is 2.38 bits per heavy atom. The maximum atomic E-state index is 11.7. The van der Waals surface area contributed by atoms with Gasteiger partial charge in [0.05, 0.1) is 18.0 Å². The third-order valence-electron chi connectivity index (χ3n) is 2.57. The third kappa shape index (κ3) is 4.17. The molecule has 0 aromatic rings. The average Bonchev–Trinajstić information content (AvgIpc) is 2.26. The Kier molecular flexibility index (Phi) is 6.70. The van der Waals surface area contributed by atoms with Crippen LogP contribution in [0.2, 0.25) is 0 Å². The largest absolute Gasteiger partial charge is 0.293 e. The van der Waals surface area contributed by atoms with Crippen LogP contribution in [0.1, 0.15) is 27.7 Å². The molecule has 92 valence electrons. The Balaban J connectivity index is 4.73. The highest BCUT2D eigenvalue weighted by Crippen LogP contribution is 2.12. The Morgan fingerprint density at radius 1 is 1.50 bits per heavy atom. The number of nitrogens with zero attached hydrogens (tertiary/aromatic N) is 2. The topological polar surface area (TPSA) is 82.2 Å². The van der Waals surface area contributed by atoms with Crippen molar-refractivity contribution >= 4 is 5.91 Å². The number of likely N-dealkylation sites (N-methyl/N-ethyl adjacent to an activating group) is 1. The van der Waals surface area contributed by atoms with Gasteiger partial charge in [-0.25, -0.2) is 5.84 Å². The molecule has 0 fully saturated rings. The second kappa shape index (κ2) is 7.20. The van der Waals surface area contributed by atoms with Crippen LogP contribution < -0.4 is 11.3 Å². The molecule has 0 radical (unpaired) electrons. The number of nitrogens with one attached hydrogen (secondary N) is 1. The fourth-order valence-corrected chi connectivity index (χ4v) is 1.81. The molecule has 0 rings (SSSR count). The summed E-state index contributed by atoms with van der Waals surface area (Å²) in [4.78, 5) is 13.6. The van der Waals surface area contributed by atoms with E-state index in [4.69, 9.17) is 11.1 Å². The van der Waals surface area contributed by atoms with Crippen molar-refractivity contribution in [3.63, 3.8) is 0 Å². The molecule has 0 aromatic carbocycles. The Labute approximate surface area is 97.6 Å². The van der Waals surface area contributed by atoms with E-state index in [1.54, 1.807) is 0 Å². The van der Waals surface area contributed by atoms with E-state index in [2.05, 4.69) is 11.5 Å². The van der Waals surface area contributed by atoms with Gasteiger partial charge in [-0.2, -0.15) is 5.26 Å². The smallest absolute Gasteiger partial charge is 0.251 e. The summed E-state index contributed by atoms with van der Waals surface area (Å²) in [6.45, 7) is 9.08. The summed E-state index contributed by atoms with van der Waals surface area (Å²) in [7, 11) is 0. The molecule has 0 spiro atoms. The summed E-state index contributed by atoms with van der Waals surface area (Å²) in [6.07, 6.45) is 0. The van der Waals surface area contributed by atoms with Gasteiger partial charge in [0, 0.05) is 6.54 Å². The SMILES string of the molecule is CCN(CC(C)C#N)C(C(=O)NN)C(C)C. The number of nitriles is 1. The molecule has 2 unspecified atom stereocenters. The zero-order valence-corrected chi connectivity index (χ0v) is 10.5. The summed E-state index contributed by atoms with van der Waals surface area (Å²) >= 11 is 0. The van der Waals surface area contributed by atoms with Crippen molar-refractivity contribution < 1.29 is 4.79 Å². The minimum absolute atomic E-state index is 0.0909. The summed E-state index contributed by atoms with van der Waals surface area (Å²) in [5, 5.41) is 8.79. The molecule has 0 saturated carbocycles. The van der Waals surface area contributed by atoms with E-state index in [0.29, 0.717) is 6.54 Å². The van der Waals surface area contributed by atoms with Crippen molar-refractivity contribution in [1.29, 1.82) is 5.26 Å². The standard InChI is InChI=1S/C11H22N4O/c1-5-15(7-9(4)6-12)10(8(2)3)11(16)14-13/h8-10H,5,7,13H2,1-4H3,(H,14,16). The number of amides is 1. The molecule has 0 aliphatic rings. The van der Waals surface area contributed by atoms with Gasteiger partial charge >= 0.3 is 0 Å². The average molecular weight is 226 g/mol. The van der Waals surface area contributed by atoms with Gasteiger partial charge in [0.2, 0.25) is 0 Å². The van der Waals surface area contributed by atoms with Gasteiger partial charge in [0.1, 0.15) is 0 Å². The van der Waals surface area contributed by atoms with E-state index in [1.165, 1.54) is 0 Å². The third-order valence-corrected chi connectivity index (χ3v) is 2.57. The van der Waals surface area contributed by atoms with Gasteiger partial charge in [-0.3, -0.25) is 15.1 Å². The Morgan fingerprint density at radius 2 is 2.06 bits per heavy atom. The molecule has 0 saturated heterocycles. The van der Waals surface area contributed by atoms with Crippen LogP contribution in [-0.2, 0) is 4.79 Å². The molecule has 0 aliphatic heterocycles. The zero-order chi connectivity index (χ0) is 12.7. The van der Waals surface area contributed by atoms with E-state index in [9.17, 15) is 4.79 Å². The highest BCUT2D eigenvalue weighted by Gasteiger charge is 2.28. The lowest BCUT2D eigenvalue weighted by Crippen LogP contribution is -2.52. The van der Waals surface area contributed by atoms with Gasteiger partial charge in [-0.15, -0.1) is 0 Å². The second-order valence-corrected chi connectivity index (χ2v) is 4.32. The maximum absolute atomic E-state index is 11.7. The first-order chi connectivity index (χ1) is 7.47. The van der Waals surface area contributed by atoms with Crippen LogP contribution >= 0.6 is 0 Å². The molecule has 5 nitrogen and oxygen atoms in total. The number of rotatable bonds is 6. The summed E-state index contributed by atoms with van der Waals surface area (Å²) in [6, 6.07) is 1.90. The maximum Gasteiger partial charge on any atom is 0.251 e. The lowest BCUT2D eigenvalue weighted by atomic mass is 10.0. The van der Waals surface area contributed by atoms with Crippen LogP contribution in [0, 0.1) is 23.2 Å². The molecule has 16 heavy (non-hydrogen) atoms. The fraction of sp³-hybridized carbons (Fsp3) is 0.818. The molecule has 1 amide bonds. The van der Waals surface area contributed by atoms with E-state index < -0.39 is 0 Å². The predicted molar refractivity (Wildman–Crippen MR) is 63.0 cm³/mol.